The summed E-state index contributed by atoms with van der Waals surface area (Å²) < 4.78 is 1.89. The number of hydrogen-bond acceptors (Lipinski definition) is 4. The molecule has 1 aliphatic heterocycles. The fourth-order valence-electron chi connectivity index (χ4n) is 5.83. The molecule has 6 heteroatoms. The average Bonchev–Trinajstić information content (AvgIpc) is 3.43. The van der Waals surface area contributed by atoms with Crippen molar-refractivity contribution in [1.29, 1.82) is 0 Å². The van der Waals surface area contributed by atoms with Gasteiger partial charge in [0.2, 0.25) is 0 Å². The van der Waals surface area contributed by atoms with Gasteiger partial charge in [0.05, 0.1) is 28.1 Å². The number of benzene rings is 4. The van der Waals surface area contributed by atoms with Crippen molar-refractivity contribution >= 4 is 11.0 Å². The van der Waals surface area contributed by atoms with E-state index in [0.29, 0.717) is 0 Å². The maximum absolute atomic E-state index is 12.7. The summed E-state index contributed by atoms with van der Waals surface area (Å²) in [6.45, 7) is 2.80. The highest BCUT2D eigenvalue weighted by atomic mass is 16.1. The van der Waals surface area contributed by atoms with Crippen LogP contribution in [0.15, 0.2) is 120 Å². The van der Waals surface area contributed by atoms with E-state index in [9.17, 15) is 4.79 Å². The summed E-state index contributed by atoms with van der Waals surface area (Å²) in [6, 6.07) is 37.3. The molecule has 6 nitrogen and oxygen atoms in total. The van der Waals surface area contributed by atoms with E-state index in [1.54, 1.807) is 0 Å². The van der Waals surface area contributed by atoms with Gasteiger partial charge >= 0.3 is 5.69 Å². The first-order valence-electron chi connectivity index (χ1n) is 14.2. The molecule has 0 amide bonds. The molecule has 0 radical (unpaired) electrons. The fourth-order valence-corrected chi connectivity index (χ4v) is 5.83. The SMILES string of the molecule is O=c1[nH]c(-c2ccccc2)cn1C1CCN(Cc2ccc(-c3nc4ccccc4nc3-c3ccccc3)cc2)CC1. The minimum Gasteiger partial charge on any atom is -0.306 e. The summed E-state index contributed by atoms with van der Waals surface area (Å²) in [5.41, 5.74) is 8.87. The van der Waals surface area contributed by atoms with E-state index in [1.165, 1.54) is 5.56 Å². The molecule has 1 fully saturated rings. The van der Waals surface area contributed by atoms with Gasteiger partial charge < -0.3 is 4.98 Å². The number of aromatic amines is 1. The van der Waals surface area contributed by atoms with Crippen molar-refractivity contribution in [2.45, 2.75) is 25.4 Å². The number of hydrogen-bond donors (Lipinski definition) is 1. The minimum atomic E-state index is -0.0236. The van der Waals surface area contributed by atoms with E-state index < -0.39 is 0 Å². The summed E-state index contributed by atoms with van der Waals surface area (Å²) in [6.07, 6.45) is 3.89. The lowest BCUT2D eigenvalue weighted by molar-refractivity contribution is 0.178. The van der Waals surface area contributed by atoms with Crippen LogP contribution >= 0.6 is 0 Å². The van der Waals surface area contributed by atoms with Crippen LogP contribution in [0.5, 0.6) is 0 Å². The maximum Gasteiger partial charge on any atom is 0.326 e. The van der Waals surface area contributed by atoms with Gasteiger partial charge in [0.25, 0.3) is 0 Å². The van der Waals surface area contributed by atoms with Crippen molar-refractivity contribution in [1.82, 2.24) is 24.4 Å². The van der Waals surface area contributed by atoms with Gasteiger partial charge in [0.15, 0.2) is 0 Å². The summed E-state index contributed by atoms with van der Waals surface area (Å²) >= 11 is 0. The van der Waals surface area contributed by atoms with Gasteiger partial charge in [-0.05, 0) is 36.1 Å². The van der Waals surface area contributed by atoms with Crippen molar-refractivity contribution < 1.29 is 0 Å². The van der Waals surface area contributed by atoms with Gasteiger partial charge in [-0.2, -0.15) is 0 Å². The summed E-state index contributed by atoms with van der Waals surface area (Å²) in [7, 11) is 0. The quantitative estimate of drug-likeness (QED) is 0.249. The number of fused-ring (bicyclic) bond motifs is 1. The molecule has 3 heterocycles. The number of H-pyrrole nitrogens is 1. The maximum atomic E-state index is 12.7. The Morgan fingerprint density at radius 3 is 1.80 bits per heavy atom. The molecular weight excluding hydrogens is 506 g/mol. The highest BCUT2D eigenvalue weighted by Crippen LogP contribution is 2.31. The normalized spacial score (nSPS) is 14.4. The Bertz CT molecular complexity index is 1830. The van der Waals surface area contributed by atoms with Gasteiger partial charge in [0.1, 0.15) is 0 Å². The number of piperidine rings is 1. The monoisotopic (exact) mass is 537 g/mol. The molecule has 0 bridgehead atoms. The van der Waals surface area contributed by atoms with E-state index in [1.807, 2.05) is 83.6 Å². The van der Waals surface area contributed by atoms with Gasteiger partial charge in [-0.3, -0.25) is 9.47 Å². The lowest BCUT2D eigenvalue weighted by Gasteiger charge is -2.32. The predicted octanol–water partition coefficient (Wildman–Crippen LogP) is 6.96. The van der Waals surface area contributed by atoms with Crippen LogP contribution in [0.25, 0.3) is 44.8 Å². The summed E-state index contributed by atoms with van der Waals surface area (Å²) in [4.78, 5) is 28.2. The summed E-state index contributed by atoms with van der Waals surface area (Å²) in [5, 5.41) is 0. The Balaban J connectivity index is 1.06. The molecule has 7 rings (SSSR count). The molecule has 202 valence electrons. The first-order chi connectivity index (χ1) is 20.2. The Kier molecular flexibility index (Phi) is 6.75. The first kappa shape index (κ1) is 25.2. The molecule has 4 aromatic carbocycles. The van der Waals surface area contributed by atoms with Crippen LogP contribution in [-0.2, 0) is 6.54 Å². The molecule has 0 saturated carbocycles. The third-order valence-electron chi connectivity index (χ3n) is 8.03. The molecule has 1 saturated heterocycles. The van der Waals surface area contributed by atoms with Crippen LogP contribution in [-0.4, -0.2) is 37.5 Å². The van der Waals surface area contributed by atoms with E-state index in [4.69, 9.17) is 9.97 Å². The summed E-state index contributed by atoms with van der Waals surface area (Å²) in [5.74, 6) is 0. The van der Waals surface area contributed by atoms with E-state index in [2.05, 4.69) is 46.3 Å². The molecule has 6 aromatic rings. The zero-order valence-electron chi connectivity index (χ0n) is 22.8. The topological polar surface area (TPSA) is 66.8 Å². The Morgan fingerprint density at radius 1 is 0.659 bits per heavy atom. The predicted molar refractivity (Wildman–Crippen MR) is 164 cm³/mol. The number of nitrogens with one attached hydrogen (secondary N) is 1. The molecule has 1 N–H and O–H groups in total. The molecule has 2 aromatic heterocycles. The third kappa shape index (κ3) is 5.22. The molecule has 0 atom stereocenters. The average molecular weight is 538 g/mol. The largest absolute Gasteiger partial charge is 0.326 e. The molecule has 0 unspecified atom stereocenters. The number of para-hydroxylation sites is 2. The van der Waals surface area contributed by atoms with Crippen LogP contribution in [0.4, 0.5) is 0 Å². The smallest absolute Gasteiger partial charge is 0.306 e. The zero-order chi connectivity index (χ0) is 27.6. The lowest BCUT2D eigenvalue weighted by atomic mass is 10.0. The molecule has 0 spiro atoms. The number of imidazole rings is 1. The highest BCUT2D eigenvalue weighted by molar-refractivity contribution is 5.86. The second kappa shape index (κ2) is 11.0. The van der Waals surface area contributed by atoms with E-state index >= 15 is 0 Å². The highest BCUT2D eigenvalue weighted by Gasteiger charge is 2.23. The second-order valence-corrected chi connectivity index (χ2v) is 10.7. The number of aromatic nitrogens is 4. The zero-order valence-corrected chi connectivity index (χ0v) is 22.8. The van der Waals surface area contributed by atoms with Crippen molar-refractivity contribution in [3.8, 4) is 33.8 Å². The molecule has 0 aliphatic carbocycles. The van der Waals surface area contributed by atoms with Crippen LogP contribution in [0.3, 0.4) is 0 Å². The van der Waals surface area contributed by atoms with E-state index in [-0.39, 0.29) is 11.7 Å². The Morgan fingerprint density at radius 2 is 1.20 bits per heavy atom. The molecule has 1 aliphatic rings. The van der Waals surface area contributed by atoms with Crippen molar-refractivity contribution in [2.75, 3.05) is 13.1 Å². The van der Waals surface area contributed by atoms with Gasteiger partial charge in [-0.1, -0.05) is 97.1 Å². The third-order valence-corrected chi connectivity index (χ3v) is 8.03. The number of rotatable bonds is 6. The number of nitrogens with zero attached hydrogens (tertiary/aromatic N) is 4. The van der Waals surface area contributed by atoms with Crippen LogP contribution in [0.1, 0.15) is 24.4 Å². The van der Waals surface area contributed by atoms with Gasteiger partial charge in [0, 0.05) is 43.0 Å². The van der Waals surface area contributed by atoms with Crippen molar-refractivity contribution in [3.05, 3.63) is 131 Å². The fraction of sp³-hybridized carbons (Fsp3) is 0.171. The Hall–Kier alpha value is -4.81. The van der Waals surface area contributed by atoms with Crippen LogP contribution in [0.2, 0.25) is 0 Å². The minimum absolute atomic E-state index is 0.0236. The van der Waals surface area contributed by atoms with Gasteiger partial charge in [-0.15, -0.1) is 0 Å². The van der Waals surface area contributed by atoms with Crippen LogP contribution in [0, 0.1) is 0 Å². The second-order valence-electron chi connectivity index (χ2n) is 10.7. The Labute approximate surface area is 239 Å². The van der Waals surface area contributed by atoms with Gasteiger partial charge in [-0.25, -0.2) is 14.8 Å². The van der Waals surface area contributed by atoms with E-state index in [0.717, 1.165) is 77.3 Å². The first-order valence-corrected chi connectivity index (χ1v) is 14.2. The standard InChI is InChI=1S/C35H31N5O/c41-35-38-32(26-9-3-1-4-10-26)24-40(35)29-19-21-39(22-20-29)23-25-15-17-28(18-16-25)34-33(27-11-5-2-6-12-27)36-30-13-7-8-14-31(30)37-34/h1-18,24,29H,19-23H2,(H,38,41). The lowest BCUT2D eigenvalue weighted by Crippen LogP contribution is -2.36. The van der Waals surface area contributed by atoms with Crippen molar-refractivity contribution in [3.63, 3.8) is 0 Å². The number of likely N-dealkylation sites (tertiary alicyclic amines) is 1. The van der Waals surface area contributed by atoms with Crippen LogP contribution < -0.4 is 5.69 Å². The molecule has 41 heavy (non-hydrogen) atoms. The molecular formula is C35H31N5O. The van der Waals surface area contributed by atoms with Crippen molar-refractivity contribution in [2.24, 2.45) is 0 Å².